The lowest BCUT2D eigenvalue weighted by Gasteiger charge is -2.20. The molecule has 7 heteroatoms. The first-order chi connectivity index (χ1) is 12.2. The van der Waals surface area contributed by atoms with Gasteiger partial charge in [-0.3, -0.25) is 15.1 Å². The Labute approximate surface area is 148 Å². The van der Waals surface area contributed by atoms with Crippen LogP contribution >= 0.6 is 11.3 Å². The van der Waals surface area contributed by atoms with Gasteiger partial charge < -0.3 is 5.32 Å². The van der Waals surface area contributed by atoms with E-state index in [1.807, 2.05) is 6.20 Å². The van der Waals surface area contributed by atoms with Gasteiger partial charge in [-0.25, -0.2) is 9.37 Å². The van der Waals surface area contributed by atoms with Gasteiger partial charge in [-0.1, -0.05) is 0 Å². The fourth-order valence-corrected chi connectivity index (χ4v) is 4.02. The van der Waals surface area contributed by atoms with Crippen LogP contribution in [0.2, 0.25) is 0 Å². The third-order valence-electron chi connectivity index (χ3n) is 4.39. The number of benzene rings is 1. The molecular weight excluding hydrogens is 339 g/mol. The molecule has 1 fully saturated rings. The predicted octanol–water partition coefficient (Wildman–Crippen LogP) is 3.55. The second kappa shape index (κ2) is 6.85. The van der Waals surface area contributed by atoms with Gasteiger partial charge in [-0.15, -0.1) is 11.3 Å². The summed E-state index contributed by atoms with van der Waals surface area (Å²) in [6.45, 7) is 2.03. The molecule has 2 aromatic heterocycles. The number of halogens is 1. The molecule has 1 saturated heterocycles. The molecule has 0 aliphatic carbocycles. The Morgan fingerprint density at radius 3 is 2.88 bits per heavy atom. The monoisotopic (exact) mass is 356 g/mol. The first-order valence-corrected chi connectivity index (χ1v) is 9.04. The van der Waals surface area contributed by atoms with E-state index in [0.717, 1.165) is 25.9 Å². The Morgan fingerprint density at radius 1 is 1.20 bits per heavy atom. The van der Waals surface area contributed by atoms with Crippen molar-refractivity contribution in [2.45, 2.75) is 18.8 Å². The van der Waals surface area contributed by atoms with Crippen LogP contribution in [-0.4, -0.2) is 29.0 Å². The maximum Gasteiger partial charge on any atom is 0.259 e. The van der Waals surface area contributed by atoms with Crippen LogP contribution in [0.1, 0.15) is 34.0 Å². The summed E-state index contributed by atoms with van der Waals surface area (Å²) < 4.78 is 13.4. The zero-order valence-corrected chi connectivity index (χ0v) is 14.3. The molecule has 5 nitrogen and oxygen atoms in total. The Kier molecular flexibility index (Phi) is 4.42. The molecule has 1 aliphatic rings. The van der Waals surface area contributed by atoms with Gasteiger partial charge >= 0.3 is 0 Å². The van der Waals surface area contributed by atoms with Crippen LogP contribution in [0.3, 0.4) is 0 Å². The van der Waals surface area contributed by atoms with E-state index in [2.05, 4.69) is 20.6 Å². The summed E-state index contributed by atoms with van der Waals surface area (Å²) in [5, 5.41) is 7.34. The number of thiazole rings is 1. The third kappa shape index (κ3) is 3.52. The van der Waals surface area contributed by atoms with Gasteiger partial charge in [0.25, 0.3) is 5.91 Å². The summed E-state index contributed by atoms with van der Waals surface area (Å²) in [7, 11) is 0. The van der Waals surface area contributed by atoms with Crippen LogP contribution in [0.25, 0.3) is 10.9 Å². The maximum atomic E-state index is 13.4. The molecule has 0 bridgehead atoms. The zero-order chi connectivity index (χ0) is 17.2. The molecule has 0 spiro atoms. The molecule has 0 unspecified atom stereocenters. The van der Waals surface area contributed by atoms with Gasteiger partial charge in [0.2, 0.25) is 0 Å². The summed E-state index contributed by atoms with van der Waals surface area (Å²) in [5.74, 6) is -0.127. The number of carbonyl (C=O) groups is 1. The number of fused-ring (bicyclic) bond motifs is 1. The Morgan fingerprint density at radius 2 is 2.04 bits per heavy atom. The second-order valence-electron chi connectivity index (χ2n) is 6.11. The first kappa shape index (κ1) is 16.1. The minimum atomic E-state index is -0.349. The number of hydrogen-bond acceptors (Lipinski definition) is 5. The molecule has 25 heavy (non-hydrogen) atoms. The van der Waals surface area contributed by atoms with E-state index < -0.39 is 0 Å². The molecular formula is C18H17FN4OS. The van der Waals surface area contributed by atoms with E-state index in [1.54, 1.807) is 12.1 Å². The van der Waals surface area contributed by atoms with Crippen molar-refractivity contribution in [3.8, 4) is 0 Å². The number of aromatic nitrogens is 2. The third-order valence-corrected chi connectivity index (χ3v) is 5.47. The quantitative estimate of drug-likeness (QED) is 0.753. The molecule has 1 amide bonds. The summed E-state index contributed by atoms with van der Waals surface area (Å²) in [4.78, 5) is 22.2. The molecule has 2 N–H and O–H groups in total. The van der Waals surface area contributed by atoms with Crippen LogP contribution in [0, 0.1) is 5.82 Å². The van der Waals surface area contributed by atoms with Crippen molar-refractivity contribution in [2.75, 3.05) is 18.4 Å². The number of piperidine rings is 1. The minimum Gasteiger partial charge on any atom is -0.317 e. The van der Waals surface area contributed by atoms with Crippen molar-refractivity contribution in [3.05, 3.63) is 52.9 Å². The highest BCUT2D eigenvalue weighted by Gasteiger charge is 2.18. The van der Waals surface area contributed by atoms with E-state index in [1.165, 1.54) is 34.5 Å². The molecule has 3 aromatic rings. The summed E-state index contributed by atoms with van der Waals surface area (Å²) in [6.07, 6.45) is 5.53. The fourth-order valence-electron chi connectivity index (χ4n) is 3.04. The van der Waals surface area contributed by atoms with Crippen LogP contribution in [-0.2, 0) is 0 Å². The van der Waals surface area contributed by atoms with Crippen molar-refractivity contribution in [1.29, 1.82) is 0 Å². The van der Waals surface area contributed by atoms with E-state index in [-0.39, 0.29) is 11.7 Å². The lowest BCUT2D eigenvalue weighted by Crippen LogP contribution is -2.26. The number of nitrogens with one attached hydrogen (secondary N) is 2. The van der Waals surface area contributed by atoms with Crippen molar-refractivity contribution >= 4 is 33.3 Å². The molecule has 4 rings (SSSR count). The van der Waals surface area contributed by atoms with Crippen LogP contribution in [0.15, 0.2) is 36.7 Å². The molecule has 128 valence electrons. The van der Waals surface area contributed by atoms with Crippen LogP contribution in [0.5, 0.6) is 0 Å². The zero-order valence-electron chi connectivity index (χ0n) is 13.5. The molecule has 0 saturated carbocycles. The van der Waals surface area contributed by atoms with Crippen LogP contribution in [0.4, 0.5) is 9.52 Å². The van der Waals surface area contributed by atoms with Crippen molar-refractivity contribution in [3.63, 3.8) is 0 Å². The molecule has 1 aliphatic heterocycles. The van der Waals surface area contributed by atoms with E-state index >= 15 is 0 Å². The second-order valence-corrected chi connectivity index (χ2v) is 7.17. The first-order valence-electron chi connectivity index (χ1n) is 8.22. The predicted molar refractivity (Wildman–Crippen MR) is 96.6 cm³/mol. The standard InChI is InChI=1S/C18H17FN4OS/c19-14-1-2-15-12(8-14)7-13(9-21-15)17(24)23-18-22-10-16(25-18)11-3-5-20-6-4-11/h1-2,7-11,20H,3-6H2,(H,22,23,24). The normalized spacial score (nSPS) is 15.4. The average molecular weight is 356 g/mol. The highest BCUT2D eigenvalue weighted by molar-refractivity contribution is 7.15. The van der Waals surface area contributed by atoms with Crippen molar-refractivity contribution in [2.24, 2.45) is 0 Å². The largest absolute Gasteiger partial charge is 0.317 e. The average Bonchev–Trinajstić information content (AvgIpc) is 3.10. The lowest BCUT2D eigenvalue weighted by atomic mass is 9.97. The topological polar surface area (TPSA) is 66.9 Å². The number of rotatable bonds is 3. The molecule has 0 atom stereocenters. The Hall–Kier alpha value is -2.38. The minimum absolute atomic E-state index is 0.287. The number of amides is 1. The van der Waals surface area contributed by atoms with Crippen molar-refractivity contribution in [1.82, 2.24) is 15.3 Å². The smallest absolute Gasteiger partial charge is 0.259 e. The number of hydrogen-bond donors (Lipinski definition) is 2. The van der Waals surface area contributed by atoms with Crippen molar-refractivity contribution < 1.29 is 9.18 Å². The van der Waals surface area contributed by atoms with Gasteiger partial charge in [0.05, 0.1) is 11.1 Å². The lowest BCUT2D eigenvalue weighted by molar-refractivity contribution is 0.102. The Balaban J connectivity index is 1.51. The SMILES string of the molecule is O=C(Nc1ncc(C2CCNCC2)s1)c1cnc2ccc(F)cc2c1. The summed E-state index contributed by atoms with van der Waals surface area (Å²) in [5.41, 5.74) is 1.04. The number of nitrogens with zero attached hydrogens (tertiary/aromatic N) is 2. The van der Waals surface area contributed by atoms with Gasteiger partial charge in [-0.05, 0) is 56.1 Å². The van der Waals surface area contributed by atoms with Gasteiger partial charge in [0, 0.05) is 22.7 Å². The summed E-state index contributed by atoms with van der Waals surface area (Å²) >= 11 is 1.52. The molecule has 3 heterocycles. The highest BCUT2D eigenvalue weighted by atomic mass is 32.1. The number of carbonyl (C=O) groups excluding carboxylic acids is 1. The van der Waals surface area contributed by atoms with E-state index in [0.29, 0.717) is 27.5 Å². The maximum absolute atomic E-state index is 13.4. The van der Waals surface area contributed by atoms with E-state index in [4.69, 9.17) is 0 Å². The van der Waals surface area contributed by atoms with Crippen LogP contribution < -0.4 is 10.6 Å². The molecule has 1 aromatic carbocycles. The van der Waals surface area contributed by atoms with Gasteiger partial charge in [0.15, 0.2) is 5.13 Å². The number of pyridine rings is 1. The number of anilines is 1. The molecule has 0 radical (unpaired) electrons. The fraction of sp³-hybridized carbons (Fsp3) is 0.278. The van der Waals surface area contributed by atoms with Gasteiger partial charge in [0.1, 0.15) is 5.82 Å². The summed E-state index contributed by atoms with van der Waals surface area (Å²) in [6, 6.07) is 5.96. The van der Waals surface area contributed by atoms with E-state index in [9.17, 15) is 9.18 Å². The Bertz CT molecular complexity index is 920. The van der Waals surface area contributed by atoms with Gasteiger partial charge in [-0.2, -0.15) is 0 Å². The highest BCUT2D eigenvalue weighted by Crippen LogP contribution is 2.31.